The number of aromatic amines is 1. The summed E-state index contributed by atoms with van der Waals surface area (Å²) in [5.41, 5.74) is 1.95. The Bertz CT molecular complexity index is 699. The van der Waals surface area contributed by atoms with Gasteiger partial charge in [0.2, 0.25) is 0 Å². The Kier molecular flexibility index (Phi) is 3.62. The van der Waals surface area contributed by atoms with Gasteiger partial charge in [0, 0.05) is 5.25 Å². The van der Waals surface area contributed by atoms with Gasteiger partial charge in [-0.2, -0.15) is 5.26 Å². The fraction of sp³-hybridized carbons (Fsp3) is 0.286. The van der Waals surface area contributed by atoms with Gasteiger partial charge < -0.3 is 5.11 Å². The lowest BCUT2D eigenvalue weighted by Gasteiger charge is -2.34. The number of carboxylic acids is 1. The number of carbonyl (C=O) groups is 1. The van der Waals surface area contributed by atoms with Gasteiger partial charge in [0.15, 0.2) is 10.7 Å². The van der Waals surface area contributed by atoms with E-state index in [9.17, 15) is 4.79 Å². The Balaban J connectivity index is 1.59. The molecule has 3 rings (SSSR count). The summed E-state index contributed by atoms with van der Waals surface area (Å²) in [5, 5.41) is 28.3. The molecule has 2 aromatic rings. The van der Waals surface area contributed by atoms with Crippen molar-refractivity contribution in [2.45, 2.75) is 29.0 Å². The molecule has 1 aliphatic rings. The number of aromatic nitrogens is 3. The molecule has 6 nitrogen and oxygen atoms in total. The number of rotatable bonds is 4. The zero-order chi connectivity index (χ0) is 14.8. The molecule has 0 saturated heterocycles. The van der Waals surface area contributed by atoms with Crippen molar-refractivity contribution in [3.63, 3.8) is 0 Å². The number of nitriles is 1. The number of nitrogens with zero attached hydrogens (tertiary/aromatic N) is 3. The lowest BCUT2D eigenvalue weighted by atomic mass is 9.79. The Labute approximate surface area is 125 Å². The lowest BCUT2D eigenvalue weighted by Crippen LogP contribution is -2.24. The molecule has 0 bridgehead atoms. The maximum Gasteiger partial charge on any atom is 0.356 e. The van der Waals surface area contributed by atoms with E-state index in [1.165, 1.54) is 17.3 Å². The quantitative estimate of drug-likeness (QED) is 0.898. The summed E-state index contributed by atoms with van der Waals surface area (Å²) in [4.78, 5) is 11.0. The van der Waals surface area contributed by atoms with Gasteiger partial charge in [-0.15, -0.1) is 5.10 Å². The molecule has 1 aliphatic carbocycles. The largest absolute Gasteiger partial charge is 0.476 e. The van der Waals surface area contributed by atoms with Crippen LogP contribution >= 0.6 is 11.8 Å². The van der Waals surface area contributed by atoms with Gasteiger partial charge in [-0.3, -0.25) is 5.10 Å². The number of aromatic carboxylic acids is 1. The van der Waals surface area contributed by atoms with Crippen LogP contribution in [-0.4, -0.2) is 31.7 Å². The van der Waals surface area contributed by atoms with Crippen molar-refractivity contribution in [3.8, 4) is 6.07 Å². The SMILES string of the molecule is N#Cc1ccc([C@H]2C[C@H](Sc3nn[nH]c3C(=O)O)C2)cc1. The van der Waals surface area contributed by atoms with E-state index < -0.39 is 5.97 Å². The zero-order valence-electron chi connectivity index (χ0n) is 11.0. The Morgan fingerprint density at radius 2 is 2.10 bits per heavy atom. The van der Waals surface area contributed by atoms with Gasteiger partial charge in [-0.25, -0.2) is 4.79 Å². The Morgan fingerprint density at radius 1 is 1.38 bits per heavy atom. The molecule has 0 spiro atoms. The minimum absolute atomic E-state index is 0.0572. The zero-order valence-corrected chi connectivity index (χ0v) is 11.8. The molecule has 0 amide bonds. The fourth-order valence-electron chi connectivity index (χ4n) is 2.36. The first-order chi connectivity index (χ1) is 10.2. The van der Waals surface area contributed by atoms with Crippen molar-refractivity contribution in [3.05, 3.63) is 41.1 Å². The molecule has 21 heavy (non-hydrogen) atoms. The summed E-state index contributed by atoms with van der Waals surface area (Å²) in [5.74, 6) is -0.569. The molecule has 1 aromatic heterocycles. The molecule has 1 heterocycles. The molecule has 1 saturated carbocycles. The van der Waals surface area contributed by atoms with E-state index in [0.29, 0.717) is 21.8 Å². The Hall–Kier alpha value is -2.33. The first-order valence-corrected chi connectivity index (χ1v) is 7.36. The van der Waals surface area contributed by atoms with Crippen LogP contribution in [0.1, 0.15) is 40.4 Å². The van der Waals surface area contributed by atoms with Crippen molar-refractivity contribution in [2.24, 2.45) is 0 Å². The standard InChI is InChI=1S/C14H12N4O2S/c15-7-8-1-3-9(4-2-8)10-5-11(6-10)21-13-12(14(19)20)16-18-17-13/h1-4,10-11H,5-6H2,(H,19,20)(H,16,17,18)/t10-,11-. The summed E-state index contributed by atoms with van der Waals surface area (Å²) in [7, 11) is 0. The van der Waals surface area contributed by atoms with Crippen molar-refractivity contribution in [1.29, 1.82) is 5.26 Å². The third-order valence-electron chi connectivity index (χ3n) is 3.61. The summed E-state index contributed by atoms with van der Waals surface area (Å²) in [6, 6.07) is 9.74. The van der Waals surface area contributed by atoms with E-state index in [-0.39, 0.29) is 5.69 Å². The second-order valence-electron chi connectivity index (χ2n) is 4.94. The highest BCUT2D eigenvalue weighted by molar-refractivity contribution is 8.00. The van der Waals surface area contributed by atoms with E-state index in [1.54, 1.807) is 0 Å². The highest BCUT2D eigenvalue weighted by Crippen LogP contribution is 2.45. The van der Waals surface area contributed by atoms with Gasteiger partial charge in [0.1, 0.15) is 0 Å². The van der Waals surface area contributed by atoms with Crippen LogP contribution in [0, 0.1) is 11.3 Å². The number of hydrogen-bond acceptors (Lipinski definition) is 5. The summed E-state index contributed by atoms with van der Waals surface area (Å²) >= 11 is 1.46. The first kappa shape index (κ1) is 13.6. The van der Waals surface area contributed by atoms with Crippen LogP contribution in [0.4, 0.5) is 0 Å². The summed E-state index contributed by atoms with van der Waals surface area (Å²) in [6.45, 7) is 0. The minimum atomic E-state index is -1.04. The molecule has 106 valence electrons. The van der Waals surface area contributed by atoms with E-state index in [4.69, 9.17) is 10.4 Å². The Morgan fingerprint density at radius 3 is 2.71 bits per heavy atom. The molecular formula is C14H12N4O2S. The lowest BCUT2D eigenvalue weighted by molar-refractivity contribution is 0.0686. The minimum Gasteiger partial charge on any atom is -0.476 e. The topological polar surface area (TPSA) is 103 Å². The fourth-order valence-corrected chi connectivity index (χ4v) is 3.67. The molecule has 1 fully saturated rings. The second-order valence-corrected chi connectivity index (χ2v) is 6.23. The van der Waals surface area contributed by atoms with Crippen molar-refractivity contribution < 1.29 is 9.90 Å². The molecule has 2 N–H and O–H groups in total. The van der Waals surface area contributed by atoms with Crippen LogP contribution in [0.2, 0.25) is 0 Å². The van der Waals surface area contributed by atoms with Gasteiger partial charge in [0.25, 0.3) is 0 Å². The number of nitrogens with one attached hydrogen (secondary N) is 1. The average Bonchev–Trinajstić information content (AvgIpc) is 2.91. The molecular weight excluding hydrogens is 288 g/mol. The predicted molar refractivity (Wildman–Crippen MR) is 76.1 cm³/mol. The normalized spacial score (nSPS) is 20.5. The monoisotopic (exact) mass is 300 g/mol. The van der Waals surface area contributed by atoms with Gasteiger partial charge in [0.05, 0.1) is 11.6 Å². The van der Waals surface area contributed by atoms with E-state index in [2.05, 4.69) is 21.5 Å². The molecule has 0 radical (unpaired) electrons. The van der Waals surface area contributed by atoms with E-state index >= 15 is 0 Å². The maximum atomic E-state index is 11.0. The first-order valence-electron chi connectivity index (χ1n) is 6.48. The van der Waals surface area contributed by atoms with Crippen molar-refractivity contribution >= 4 is 17.7 Å². The third kappa shape index (κ3) is 2.76. The third-order valence-corrected chi connectivity index (χ3v) is 4.84. The van der Waals surface area contributed by atoms with Crippen LogP contribution in [0.3, 0.4) is 0 Å². The number of hydrogen-bond donors (Lipinski definition) is 2. The average molecular weight is 300 g/mol. The van der Waals surface area contributed by atoms with E-state index in [0.717, 1.165) is 12.8 Å². The smallest absolute Gasteiger partial charge is 0.356 e. The summed E-state index contributed by atoms with van der Waals surface area (Å²) in [6.07, 6.45) is 1.95. The van der Waals surface area contributed by atoms with Crippen LogP contribution in [-0.2, 0) is 0 Å². The van der Waals surface area contributed by atoms with Crippen LogP contribution in [0.25, 0.3) is 0 Å². The van der Waals surface area contributed by atoms with Crippen molar-refractivity contribution in [2.75, 3.05) is 0 Å². The molecule has 7 heteroatoms. The molecule has 0 atom stereocenters. The van der Waals surface area contributed by atoms with Crippen LogP contribution < -0.4 is 0 Å². The molecule has 0 unspecified atom stereocenters. The number of benzene rings is 1. The summed E-state index contributed by atoms with van der Waals surface area (Å²) < 4.78 is 0. The number of H-pyrrole nitrogens is 1. The highest BCUT2D eigenvalue weighted by Gasteiger charge is 2.32. The van der Waals surface area contributed by atoms with Gasteiger partial charge >= 0.3 is 5.97 Å². The van der Waals surface area contributed by atoms with Crippen molar-refractivity contribution in [1.82, 2.24) is 15.4 Å². The second kappa shape index (κ2) is 5.58. The predicted octanol–water partition coefficient (Wildman–Crippen LogP) is 2.41. The number of carboxylic acid groups (broad SMARTS) is 1. The molecule has 0 aliphatic heterocycles. The van der Waals surface area contributed by atoms with Crippen LogP contribution in [0.5, 0.6) is 0 Å². The molecule has 1 aromatic carbocycles. The van der Waals surface area contributed by atoms with Crippen LogP contribution in [0.15, 0.2) is 29.3 Å². The van der Waals surface area contributed by atoms with Gasteiger partial charge in [-0.05, 0) is 36.5 Å². The van der Waals surface area contributed by atoms with Gasteiger partial charge in [-0.1, -0.05) is 29.1 Å². The highest BCUT2D eigenvalue weighted by atomic mass is 32.2. The van der Waals surface area contributed by atoms with E-state index in [1.807, 2.05) is 24.3 Å². The number of thioether (sulfide) groups is 1. The maximum absolute atomic E-state index is 11.0.